The number of hydrogen-bond acceptors (Lipinski definition) is 11. The minimum atomic E-state index is -2.50. The predicted molar refractivity (Wildman–Crippen MR) is 105 cm³/mol. The van der Waals surface area contributed by atoms with E-state index in [2.05, 4.69) is 10.6 Å². The first kappa shape index (κ1) is 29.9. The van der Waals surface area contributed by atoms with Crippen molar-refractivity contribution in [1.82, 2.24) is 10.6 Å². The van der Waals surface area contributed by atoms with Crippen LogP contribution >= 0.6 is 0 Å². The molecule has 34 heavy (non-hydrogen) atoms. The molecule has 0 saturated carbocycles. The monoisotopic (exact) mass is 493 g/mol. The summed E-state index contributed by atoms with van der Waals surface area (Å²) in [7, 11) is 0.972. The van der Waals surface area contributed by atoms with Gasteiger partial charge < -0.3 is 45.3 Å². The molecule has 1 aliphatic heterocycles. The number of carboxylic acids is 1. The summed E-state index contributed by atoms with van der Waals surface area (Å²) in [6, 6.07) is 2.13. The molecule has 2 amide bonds. The molecule has 15 heteroatoms. The summed E-state index contributed by atoms with van der Waals surface area (Å²) in [5.74, 6) is -5.87. The number of nitro groups is 1. The van der Waals surface area contributed by atoms with Crippen LogP contribution in [0, 0.1) is 10.1 Å². The van der Waals surface area contributed by atoms with Gasteiger partial charge in [-0.15, -0.1) is 0 Å². The van der Waals surface area contributed by atoms with Crippen LogP contribution in [-0.2, 0) is 19.1 Å². The smallest absolute Gasteiger partial charge is 0.544 e. The second-order valence-corrected chi connectivity index (χ2v) is 7.39. The zero-order valence-corrected chi connectivity index (χ0v) is 20.7. The van der Waals surface area contributed by atoms with Gasteiger partial charge >= 0.3 is 29.6 Å². The van der Waals surface area contributed by atoms with E-state index in [4.69, 9.17) is 9.47 Å². The van der Waals surface area contributed by atoms with E-state index in [1.54, 1.807) is 0 Å². The van der Waals surface area contributed by atoms with Crippen LogP contribution in [0.4, 0.5) is 5.69 Å². The Morgan fingerprint density at radius 1 is 1.32 bits per heavy atom. The first-order valence-corrected chi connectivity index (χ1v) is 9.69. The van der Waals surface area contributed by atoms with E-state index in [0.29, 0.717) is 0 Å². The minimum absolute atomic E-state index is 0. The van der Waals surface area contributed by atoms with Crippen molar-refractivity contribution in [3.63, 3.8) is 0 Å². The Morgan fingerprint density at radius 2 is 1.97 bits per heavy atom. The summed E-state index contributed by atoms with van der Waals surface area (Å²) in [6.07, 6.45) is -6.00. The molecule has 1 aromatic carbocycles. The number of non-ortho nitro benzene ring substituents is 1. The Kier molecular flexibility index (Phi) is 11.0. The number of aliphatic carboxylic acids is 1. The summed E-state index contributed by atoms with van der Waals surface area (Å²) in [5.41, 5.74) is -0.505. The second kappa shape index (κ2) is 12.5. The third-order valence-corrected chi connectivity index (χ3v) is 5.17. The van der Waals surface area contributed by atoms with Gasteiger partial charge in [-0.2, -0.15) is 0 Å². The van der Waals surface area contributed by atoms with Gasteiger partial charge in [0, 0.05) is 38.2 Å². The van der Waals surface area contributed by atoms with Gasteiger partial charge in [-0.1, -0.05) is 6.07 Å². The standard InChI is InChI=1S/C19H25N3O11.Na/c1-9(24)20-14-12(21-17(27)10-4-3-5-11(6-10)22(30)31)7-19(32-2,18(28)29)33-16(14)15(26)13(25)8-23;/h3-6,12-16,23,25-26H,7-8H2,1-2H3,(H,20,24)(H,21,27)(H,28,29);/q;+1/p-1/t12-,13+,14+,15+,16+,19+;/m0./s1. The summed E-state index contributed by atoms with van der Waals surface area (Å²) < 4.78 is 10.4. The number of amides is 2. The zero-order chi connectivity index (χ0) is 24.9. The van der Waals surface area contributed by atoms with Crippen molar-refractivity contribution in [2.45, 2.75) is 49.5 Å². The van der Waals surface area contributed by atoms with E-state index >= 15 is 0 Å². The predicted octanol–water partition coefficient (Wildman–Crippen LogP) is -6.20. The number of nitrogens with one attached hydrogen (secondary N) is 2. The van der Waals surface area contributed by atoms with Crippen LogP contribution in [0.1, 0.15) is 23.7 Å². The summed E-state index contributed by atoms with van der Waals surface area (Å²) >= 11 is 0. The minimum Gasteiger partial charge on any atom is -0.544 e. The molecule has 0 bridgehead atoms. The molecule has 0 spiro atoms. The maximum absolute atomic E-state index is 12.8. The average molecular weight is 493 g/mol. The maximum atomic E-state index is 12.8. The molecule has 0 radical (unpaired) electrons. The Hall–Kier alpha value is -2.17. The van der Waals surface area contributed by atoms with Crippen LogP contribution in [0.5, 0.6) is 0 Å². The molecule has 1 aromatic rings. The molecule has 182 valence electrons. The molecule has 14 nitrogen and oxygen atoms in total. The van der Waals surface area contributed by atoms with Crippen molar-refractivity contribution in [2.24, 2.45) is 0 Å². The quantitative estimate of drug-likeness (QED) is 0.124. The van der Waals surface area contributed by atoms with E-state index in [0.717, 1.165) is 20.1 Å². The number of benzene rings is 1. The molecular formula is C19H24N3NaO11. The SMILES string of the molecule is CO[C@]1(C(=O)[O-])C[C@H](NC(=O)c2cccc([N+](=O)[O-])c2)[C@@H](NC(C)=O)[C@H]([C@H](O)[C@H](O)CO)O1.[Na+]. The van der Waals surface area contributed by atoms with E-state index in [1.807, 2.05) is 0 Å². The Morgan fingerprint density at radius 3 is 2.47 bits per heavy atom. The maximum Gasteiger partial charge on any atom is 1.00 e. The van der Waals surface area contributed by atoms with Gasteiger partial charge in [0.15, 0.2) is 0 Å². The first-order chi connectivity index (χ1) is 15.5. The molecule has 0 aliphatic carbocycles. The van der Waals surface area contributed by atoms with Crippen molar-refractivity contribution in [2.75, 3.05) is 13.7 Å². The number of carbonyl (C=O) groups excluding carboxylic acids is 3. The number of rotatable bonds is 9. The Bertz CT molecular complexity index is 917. The van der Waals surface area contributed by atoms with Crippen LogP contribution in [0.15, 0.2) is 24.3 Å². The normalized spacial score (nSPS) is 25.9. The number of methoxy groups -OCH3 is 1. The summed E-state index contributed by atoms with van der Waals surface area (Å²) in [4.78, 5) is 46.7. The van der Waals surface area contributed by atoms with Crippen LogP contribution in [0.3, 0.4) is 0 Å². The zero-order valence-electron chi connectivity index (χ0n) is 18.7. The van der Waals surface area contributed by atoms with Crippen molar-refractivity contribution in [1.29, 1.82) is 0 Å². The molecule has 1 saturated heterocycles. The molecule has 2 rings (SSSR count). The van der Waals surface area contributed by atoms with Crippen LogP contribution in [0.25, 0.3) is 0 Å². The molecule has 0 unspecified atom stereocenters. The number of ether oxygens (including phenoxy) is 2. The fourth-order valence-corrected chi connectivity index (χ4v) is 3.51. The van der Waals surface area contributed by atoms with Crippen molar-refractivity contribution >= 4 is 23.5 Å². The molecule has 1 aliphatic rings. The number of nitrogens with zero attached hydrogens (tertiary/aromatic N) is 1. The summed E-state index contributed by atoms with van der Waals surface area (Å²) in [5, 5.41) is 57.3. The van der Waals surface area contributed by atoms with Crippen molar-refractivity contribution in [3.8, 4) is 0 Å². The Balaban J connectivity index is 0.00000578. The van der Waals surface area contributed by atoms with Crippen LogP contribution < -0.4 is 45.3 Å². The third-order valence-electron chi connectivity index (χ3n) is 5.17. The fourth-order valence-electron chi connectivity index (χ4n) is 3.51. The van der Waals surface area contributed by atoms with Crippen LogP contribution in [0.2, 0.25) is 0 Å². The van der Waals surface area contributed by atoms with Gasteiger partial charge in [0.1, 0.15) is 24.3 Å². The van der Waals surface area contributed by atoms with E-state index in [9.17, 15) is 44.9 Å². The number of nitro benzene ring substituents is 1. The van der Waals surface area contributed by atoms with E-state index in [1.165, 1.54) is 18.2 Å². The fraction of sp³-hybridized carbons (Fsp3) is 0.526. The average Bonchev–Trinajstić information content (AvgIpc) is 2.78. The molecule has 1 fully saturated rings. The molecule has 6 atom stereocenters. The number of aliphatic hydroxyl groups excluding tert-OH is 3. The van der Waals surface area contributed by atoms with Gasteiger partial charge in [-0.3, -0.25) is 19.7 Å². The van der Waals surface area contributed by atoms with Crippen molar-refractivity contribution < 1.29 is 78.8 Å². The first-order valence-electron chi connectivity index (χ1n) is 9.69. The molecular weight excluding hydrogens is 469 g/mol. The third kappa shape index (κ3) is 6.70. The molecule has 5 N–H and O–H groups in total. The van der Waals surface area contributed by atoms with Gasteiger partial charge in [0.05, 0.1) is 23.6 Å². The Labute approximate surface area is 215 Å². The van der Waals surface area contributed by atoms with E-state index in [-0.39, 0.29) is 40.8 Å². The number of carbonyl (C=O) groups is 3. The van der Waals surface area contributed by atoms with Crippen LogP contribution in [-0.4, -0.2) is 87.9 Å². The number of carboxylic acid groups (broad SMARTS) is 1. The topological polar surface area (TPSA) is 221 Å². The van der Waals surface area contributed by atoms with E-state index < -0.39 is 71.9 Å². The second-order valence-electron chi connectivity index (χ2n) is 7.39. The van der Waals surface area contributed by atoms with Gasteiger partial charge in [-0.05, 0) is 6.07 Å². The van der Waals surface area contributed by atoms with Gasteiger partial charge in [-0.25, -0.2) is 0 Å². The van der Waals surface area contributed by atoms with Gasteiger partial charge in [0.25, 0.3) is 11.6 Å². The van der Waals surface area contributed by atoms with Gasteiger partial charge in [0.2, 0.25) is 11.7 Å². The summed E-state index contributed by atoms with van der Waals surface area (Å²) in [6.45, 7) is 0.187. The number of aliphatic hydroxyl groups is 3. The molecule has 0 aromatic heterocycles. The largest absolute Gasteiger partial charge is 1.00 e. The van der Waals surface area contributed by atoms with Crippen molar-refractivity contribution in [3.05, 3.63) is 39.9 Å². The molecule has 1 heterocycles. The number of hydrogen-bond donors (Lipinski definition) is 5.